The zero-order valence-corrected chi connectivity index (χ0v) is 21.1. The largest absolute Gasteiger partial charge is 0.355 e. The maximum atomic E-state index is 13.3. The third-order valence-corrected chi connectivity index (χ3v) is 9.52. The number of thioether (sulfide) groups is 1. The summed E-state index contributed by atoms with van der Waals surface area (Å²) in [5.74, 6) is 0.297. The van der Waals surface area contributed by atoms with Gasteiger partial charge < -0.3 is 9.80 Å². The van der Waals surface area contributed by atoms with Gasteiger partial charge in [-0.1, -0.05) is 24.0 Å². The first-order chi connectivity index (χ1) is 15.5. The van der Waals surface area contributed by atoms with Crippen LogP contribution in [-0.4, -0.2) is 83.8 Å². The zero-order chi connectivity index (χ0) is 24.1. The van der Waals surface area contributed by atoms with Gasteiger partial charge in [-0.3, -0.25) is 19.1 Å². The number of rotatable bonds is 3. The van der Waals surface area contributed by atoms with Crippen LogP contribution in [0.4, 0.5) is 5.82 Å². The summed E-state index contributed by atoms with van der Waals surface area (Å²) in [6.07, 6.45) is 2.07. The lowest BCUT2D eigenvalue weighted by molar-refractivity contribution is -0.123. The highest BCUT2D eigenvalue weighted by atomic mass is 32.2. The van der Waals surface area contributed by atoms with Crippen LogP contribution in [0.1, 0.15) is 23.1 Å². The molecule has 1 aromatic rings. The van der Waals surface area contributed by atoms with Crippen LogP contribution < -0.4 is 10.5 Å². The number of likely N-dealkylation sites (N-methyl/N-ethyl adjacent to an activating group) is 1. The molecule has 9 nitrogen and oxygen atoms in total. The minimum atomic E-state index is -3.17. The monoisotopic (exact) mass is 507 g/mol. The number of hydrogen-bond donors (Lipinski definition) is 0. The van der Waals surface area contributed by atoms with E-state index in [4.69, 9.17) is 12.2 Å². The third kappa shape index (κ3) is 4.35. The van der Waals surface area contributed by atoms with E-state index in [0.29, 0.717) is 45.7 Å². The Morgan fingerprint density at radius 3 is 2.42 bits per heavy atom. The van der Waals surface area contributed by atoms with Crippen LogP contribution in [-0.2, 0) is 21.7 Å². The Bertz CT molecular complexity index is 1270. The molecule has 12 heteroatoms. The number of aromatic nitrogens is 1. The van der Waals surface area contributed by atoms with Crippen molar-refractivity contribution in [1.29, 1.82) is 5.26 Å². The summed E-state index contributed by atoms with van der Waals surface area (Å²) in [5.41, 5.74) is 0.824. The number of carbonyl (C=O) groups is 1. The van der Waals surface area contributed by atoms with E-state index in [-0.39, 0.29) is 28.5 Å². The van der Waals surface area contributed by atoms with Gasteiger partial charge in [-0.15, -0.1) is 0 Å². The lowest BCUT2D eigenvalue weighted by Gasteiger charge is -2.36. The van der Waals surface area contributed by atoms with Gasteiger partial charge in [0.25, 0.3) is 11.5 Å². The quantitative estimate of drug-likeness (QED) is 0.432. The lowest BCUT2D eigenvalue weighted by Crippen LogP contribution is -2.46. The Kier molecular flexibility index (Phi) is 6.43. The molecule has 176 valence electrons. The van der Waals surface area contributed by atoms with Crippen molar-refractivity contribution in [2.75, 3.05) is 49.6 Å². The Balaban J connectivity index is 1.79. The highest BCUT2D eigenvalue weighted by Crippen LogP contribution is 2.38. The number of piperazine rings is 1. The highest BCUT2D eigenvalue weighted by Gasteiger charge is 2.42. The van der Waals surface area contributed by atoms with Crippen molar-refractivity contribution in [2.45, 2.75) is 19.4 Å². The normalized spacial score (nSPS) is 24.7. The van der Waals surface area contributed by atoms with Crippen LogP contribution >= 0.6 is 24.0 Å². The molecule has 4 heterocycles. The predicted molar refractivity (Wildman–Crippen MR) is 133 cm³/mol. The molecule has 1 amide bonds. The standard InChI is InChI=1S/C21H25N5O4S3/c1-13-15(10-17-20(28)26(21(31)32-17)14-4-9-33(29,30)12-14)18(24(3)19(27)16(13)11-22)25-7-5-23(2)6-8-25/h10,14H,4-9,12H2,1-3H3. The second kappa shape index (κ2) is 8.87. The molecule has 0 saturated carbocycles. The molecule has 3 aliphatic rings. The van der Waals surface area contributed by atoms with E-state index < -0.39 is 15.9 Å². The first-order valence-corrected chi connectivity index (χ1v) is 13.6. The molecule has 0 radical (unpaired) electrons. The number of anilines is 1. The smallest absolute Gasteiger partial charge is 0.270 e. The first kappa shape index (κ1) is 23.9. The van der Waals surface area contributed by atoms with E-state index in [1.807, 2.05) is 13.1 Å². The molecule has 4 rings (SSSR count). The maximum Gasteiger partial charge on any atom is 0.270 e. The minimum Gasteiger partial charge on any atom is -0.355 e. The van der Waals surface area contributed by atoms with E-state index in [1.165, 1.54) is 9.47 Å². The summed E-state index contributed by atoms with van der Waals surface area (Å²) in [6.45, 7) is 4.78. The minimum absolute atomic E-state index is 0.0407. The van der Waals surface area contributed by atoms with Crippen LogP contribution in [0.25, 0.3) is 6.08 Å². The fourth-order valence-corrected chi connectivity index (χ4v) is 7.60. The van der Waals surface area contributed by atoms with E-state index in [9.17, 15) is 23.3 Å². The number of nitrogens with zero attached hydrogens (tertiary/aromatic N) is 5. The third-order valence-electron chi connectivity index (χ3n) is 6.44. The molecule has 1 aromatic heterocycles. The summed E-state index contributed by atoms with van der Waals surface area (Å²) in [5, 5.41) is 9.61. The van der Waals surface area contributed by atoms with Gasteiger partial charge in [-0.25, -0.2) is 8.42 Å². The van der Waals surface area contributed by atoms with Crippen LogP contribution in [0.5, 0.6) is 0 Å². The summed E-state index contributed by atoms with van der Waals surface area (Å²) in [7, 11) is 0.504. The van der Waals surface area contributed by atoms with E-state index in [0.717, 1.165) is 24.9 Å². The molecule has 0 spiro atoms. The Labute approximate surface area is 202 Å². The second-order valence-electron chi connectivity index (χ2n) is 8.61. The van der Waals surface area contributed by atoms with Crippen molar-refractivity contribution < 1.29 is 13.2 Å². The van der Waals surface area contributed by atoms with Gasteiger partial charge in [-0.2, -0.15) is 5.26 Å². The van der Waals surface area contributed by atoms with Crippen molar-refractivity contribution in [2.24, 2.45) is 7.05 Å². The molecular formula is C21H25N5O4S3. The van der Waals surface area contributed by atoms with Gasteiger partial charge >= 0.3 is 0 Å². The number of thiocarbonyl (C=S) groups is 1. The molecule has 0 bridgehead atoms. The average Bonchev–Trinajstić information content (AvgIpc) is 3.25. The fourth-order valence-electron chi connectivity index (χ4n) is 4.52. The van der Waals surface area contributed by atoms with E-state index in [2.05, 4.69) is 9.80 Å². The molecule has 3 fully saturated rings. The number of carbonyl (C=O) groups excluding carboxylic acids is 1. The average molecular weight is 508 g/mol. The topological polar surface area (TPSA) is 107 Å². The zero-order valence-electron chi connectivity index (χ0n) is 18.7. The Morgan fingerprint density at radius 2 is 1.85 bits per heavy atom. The number of sulfone groups is 1. The lowest BCUT2D eigenvalue weighted by atomic mass is 10.0. The van der Waals surface area contributed by atoms with Crippen LogP contribution in [0, 0.1) is 18.3 Å². The molecule has 0 N–H and O–H groups in total. The molecule has 0 aromatic carbocycles. The molecule has 0 aliphatic carbocycles. The van der Waals surface area contributed by atoms with Crippen LogP contribution in [0.3, 0.4) is 0 Å². The first-order valence-electron chi connectivity index (χ1n) is 10.6. The summed E-state index contributed by atoms with van der Waals surface area (Å²) in [4.78, 5) is 32.2. The maximum absolute atomic E-state index is 13.3. The van der Waals surface area contributed by atoms with Crippen molar-refractivity contribution >= 4 is 55.9 Å². The molecule has 1 unspecified atom stereocenters. The van der Waals surface area contributed by atoms with Crippen molar-refractivity contribution in [1.82, 2.24) is 14.4 Å². The molecular weight excluding hydrogens is 482 g/mol. The van der Waals surface area contributed by atoms with Crippen molar-refractivity contribution in [3.63, 3.8) is 0 Å². The summed E-state index contributed by atoms with van der Waals surface area (Å²) in [6, 6.07) is 1.55. The number of pyridine rings is 1. The van der Waals surface area contributed by atoms with E-state index in [1.54, 1.807) is 20.0 Å². The molecule has 1 atom stereocenters. The Morgan fingerprint density at radius 1 is 1.18 bits per heavy atom. The van der Waals surface area contributed by atoms with Gasteiger partial charge in [0.15, 0.2) is 9.84 Å². The fraction of sp³-hybridized carbons (Fsp3) is 0.524. The van der Waals surface area contributed by atoms with Gasteiger partial charge in [0, 0.05) is 38.8 Å². The van der Waals surface area contributed by atoms with E-state index >= 15 is 0 Å². The van der Waals surface area contributed by atoms with Gasteiger partial charge in [0.1, 0.15) is 21.8 Å². The molecule has 3 aliphatic heterocycles. The summed E-state index contributed by atoms with van der Waals surface area (Å²) < 4.78 is 25.7. The number of nitriles is 1. The molecule has 33 heavy (non-hydrogen) atoms. The highest BCUT2D eigenvalue weighted by molar-refractivity contribution is 8.26. The number of amides is 1. The molecule has 3 saturated heterocycles. The van der Waals surface area contributed by atoms with Crippen molar-refractivity contribution in [3.8, 4) is 6.07 Å². The van der Waals surface area contributed by atoms with Gasteiger partial charge in [0.2, 0.25) is 0 Å². The predicted octanol–water partition coefficient (Wildman–Crippen LogP) is 0.706. The number of hydrogen-bond acceptors (Lipinski definition) is 9. The van der Waals surface area contributed by atoms with Crippen molar-refractivity contribution in [3.05, 3.63) is 31.9 Å². The Hall–Kier alpha value is -2.20. The second-order valence-corrected chi connectivity index (χ2v) is 12.5. The van der Waals surface area contributed by atoms with Gasteiger partial charge in [0.05, 0.1) is 22.5 Å². The summed E-state index contributed by atoms with van der Waals surface area (Å²) >= 11 is 6.56. The van der Waals surface area contributed by atoms with Gasteiger partial charge in [-0.05, 0) is 32.0 Å². The van der Waals surface area contributed by atoms with Crippen LogP contribution in [0.15, 0.2) is 9.70 Å². The SMILES string of the molecule is Cc1c(C=C2SC(=S)N(C3CCS(=O)(=O)C3)C2=O)c(N2CCN(C)CC2)n(C)c(=O)c1C#N. The van der Waals surface area contributed by atoms with Crippen LogP contribution in [0.2, 0.25) is 0 Å².